The third kappa shape index (κ3) is 9.49. The molecule has 0 N–H and O–H groups in total. The molecular formula is C24H34O8. The predicted octanol–water partition coefficient (Wildman–Crippen LogP) is 5.15. The van der Waals surface area contributed by atoms with Crippen LogP contribution in [0, 0.1) is 0 Å². The van der Waals surface area contributed by atoms with Gasteiger partial charge in [0.2, 0.25) is 5.75 Å². The highest BCUT2D eigenvalue weighted by Crippen LogP contribution is 2.40. The summed E-state index contributed by atoms with van der Waals surface area (Å²) in [6.45, 7) is 7.58. The summed E-state index contributed by atoms with van der Waals surface area (Å²) < 4.78 is 21.3. The number of carbonyl (C=O) groups excluding carboxylic acids is 4. The Hall–Kier alpha value is -2.90. The average molecular weight is 451 g/mol. The summed E-state index contributed by atoms with van der Waals surface area (Å²) in [4.78, 5) is 49.2. The molecule has 8 nitrogen and oxygen atoms in total. The van der Waals surface area contributed by atoms with E-state index in [-0.39, 0.29) is 48.7 Å². The monoisotopic (exact) mass is 450 g/mol. The fraction of sp³-hybridized carbons (Fsp3) is 0.583. The maximum atomic E-state index is 12.3. The Morgan fingerprint density at radius 3 is 1.44 bits per heavy atom. The highest BCUT2D eigenvalue weighted by atomic mass is 16.6. The van der Waals surface area contributed by atoms with Gasteiger partial charge in [-0.25, -0.2) is 4.79 Å². The van der Waals surface area contributed by atoms with Gasteiger partial charge in [0.15, 0.2) is 11.5 Å². The molecule has 0 aliphatic heterocycles. The molecule has 0 saturated carbocycles. The van der Waals surface area contributed by atoms with E-state index < -0.39 is 23.9 Å². The SMILES string of the molecule is CCCCC(=O)Oc1cc(C(=O)OCC)cc(OC(=O)CCCC)c1OC(=O)CCCC. The summed E-state index contributed by atoms with van der Waals surface area (Å²) in [5.41, 5.74) is 0.0109. The van der Waals surface area contributed by atoms with Crippen LogP contribution in [0.15, 0.2) is 12.1 Å². The molecule has 32 heavy (non-hydrogen) atoms. The first kappa shape index (κ1) is 27.1. The first-order chi connectivity index (χ1) is 15.4. The van der Waals surface area contributed by atoms with E-state index in [0.717, 1.165) is 19.3 Å². The van der Waals surface area contributed by atoms with Crippen LogP contribution < -0.4 is 14.2 Å². The van der Waals surface area contributed by atoms with E-state index in [4.69, 9.17) is 18.9 Å². The lowest BCUT2D eigenvalue weighted by molar-refractivity contribution is -0.138. The molecule has 8 heteroatoms. The van der Waals surface area contributed by atoms with Crippen molar-refractivity contribution >= 4 is 23.9 Å². The molecule has 1 aromatic rings. The van der Waals surface area contributed by atoms with Gasteiger partial charge in [0.05, 0.1) is 12.2 Å². The minimum atomic E-state index is -0.687. The van der Waals surface area contributed by atoms with Gasteiger partial charge in [-0.3, -0.25) is 14.4 Å². The summed E-state index contributed by atoms with van der Waals surface area (Å²) in [5.74, 6) is -2.89. The van der Waals surface area contributed by atoms with Gasteiger partial charge < -0.3 is 18.9 Å². The Bertz CT molecular complexity index is 741. The Morgan fingerprint density at radius 1 is 0.656 bits per heavy atom. The second kappa shape index (κ2) is 15.0. The molecule has 0 spiro atoms. The standard InChI is InChI=1S/C24H34O8/c1-5-9-12-20(25)30-18-15-17(24(28)29-8-4)16-19(31-21(26)13-10-6-2)23(18)32-22(27)14-11-7-3/h15-16H,5-14H2,1-4H3. The van der Waals surface area contributed by atoms with Crippen molar-refractivity contribution in [1.82, 2.24) is 0 Å². The van der Waals surface area contributed by atoms with Crippen molar-refractivity contribution < 1.29 is 38.1 Å². The van der Waals surface area contributed by atoms with Crippen LogP contribution >= 0.6 is 0 Å². The van der Waals surface area contributed by atoms with E-state index in [0.29, 0.717) is 19.3 Å². The minimum absolute atomic E-state index is 0.0109. The zero-order valence-electron chi connectivity index (χ0n) is 19.5. The second-order valence-corrected chi connectivity index (χ2v) is 7.25. The average Bonchev–Trinajstić information content (AvgIpc) is 2.76. The first-order valence-corrected chi connectivity index (χ1v) is 11.3. The molecule has 1 aromatic carbocycles. The van der Waals surface area contributed by atoms with Crippen molar-refractivity contribution in [3.8, 4) is 17.2 Å². The van der Waals surface area contributed by atoms with Gasteiger partial charge in [-0.05, 0) is 38.3 Å². The van der Waals surface area contributed by atoms with E-state index >= 15 is 0 Å². The topological polar surface area (TPSA) is 105 Å². The van der Waals surface area contributed by atoms with Gasteiger partial charge in [0, 0.05) is 19.3 Å². The number of hydrogen-bond donors (Lipinski definition) is 0. The van der Waals surface area contributed by atoms with Gasteiger partial charge in [-0.15, -0.1) is 0 Å². The van der Waals surface area contributed by atoms with Crippen molar-refractivity contribution in [2.75, 3.05) is 6.61 Å². The van der Waals surface area contributed by atoms with Gasteiger partial charge in [0.25, 0.3) is 0 Å². The molecule has 178 valence electrons. The molecule has 0 bridgehead atoms. The van der Waals surface area contributed by atoms with Crippen LogP contribution in [0.5, 0.6) is 17.2 Å². The van der Waals surface area contributed by atoms with E-state index in [1.165, 1.54) is 12.1 Å². The number of esters is 4. The summed E-state index contributed by atoms with van der Waals surface area (Å²) in [6.07, 6.45) is 4.63. The molecule has 0 aliphatic rings. The third-order valence-corrected chi connectivity index (χ3v) is 4.40. The number of carbonyl (C=O) groups is 4. The van der Waals surface area contributed by atoms with E-state index in [1.54, 1.807) is 6.92 Å². The molecule has 0 radical (unpaired) electrons. The van der Waals surface area contributed by atoms with Crippen LogP contribution in [0.25, 0.3) is 0 Å². The Labute approximate surface area is 189 Å². The lowest BCUT2D eigenvalue weighted by Gasteiger charge is -2.16. The van der Waals surface area contributed by atoms with Crippen molar-refractivity contribution in [2.45, 2.75) is 85.5 Å². The minimum Gasteiger partial charge on any atom is -0.462 e. The number of rotatable bonds is 14. The van der Waals surface area contributed by atoms with Crippen LogP contribution in [0.1, 0.15) is 95.8 Å². The van der Waals surface area contributed by atoms with Gasteiger partial charge in [0.1, 0.15) is 0 Å². The zero-order valence-corrected chi connectivity index (χ0v) is 19.5. The van der Waals surface area contributed by atoms with Crippen molar-refractivity contribution in [1.29, 1.82) is 0 Å². The molecule has 0 unspecified atom stereocenters. The highest BCUT2D eigenvalue weighted by molar-refractivity contribution is 5.92. The van der Waals surface area contributed by atoms with Crippen molar-refractivity contribution in [2.24, 2.45) is 0 Å². The van der Waals surface area contributed by atoms with E-state index in [1.807, 2.05) is 20.8 Å². The van der Waals surface area contributed by atoms with Crippen LogP contribution in [-0.2, 0) is 19.1 Å². The Kier molecular flexibility index (Phi) is 12.7. The fourth-order valence-electron chi connectivity index (χ4n) is 2.64. The number of ether oxygens (including phenoxy) is 4. The lowest BCUT2D eigenvalue weighted by atomic mass is 10.1. The normalized spacial score (nSPS) is 10.4. The molecule has 0 aliphatic carbocycles. The zero-order chi connectivity index (χ0) is 23.9. The molecule has 0 saturated heterocycles. The summed E-state index contributed by atoms with van der Waals surface area (Å²) in [7, 11) is 0. The van der Waals surface area contributed by atoms with Gasteiger partial charge in [-0.1, -0.05) is 40.0 Å². The smallest absolute Gasteiger partial charge is 0.338 e. The van der Waals surface area contributed by atoms with Crippen LogP contribution in [0.4, 0.5) is 0 Å². The highest BCUT2D eigenvalue weighted by Gasteiger charge is 2.24. The molecular weight excluding hydrogens is 416 g/mol. The van der Waals surface area contributed by atoms with Crippen molar-refractivity contribution in [3.63, 3.8) is 0 Å². The maximum Gasteiger partial charge on any atom is 0.338 e. The molecule has 0 atom stereocenters. The quantitative estimate of drug-likeness (QED) is 0.283. The predicted molar refractivity (Wildman–Crippen MR) is 118 cm³/mol. The molecule has 0 fully saturated rings. The Balaban J connectivity index is 3.41. The van der Waals surface area contributed by atoms with Crippen LogP contribution in [-0.4, -0.2) is 30.5 Å². The number of hydrogen-bond acceptors (Lipinski definition) is 8. The maximum absolute atomic E-state index is 12.3. The van der Waals surface area contributed by atoms with E-state index in [2.05, 4.69) is 0 Å². The molecule has 0 aromatic heterocycles. The van der Waals surface area contributed by atoms with Crippen LogP contribution in [0.3, 0.4) is 0 Å². The van der Waals surface area contributed by atoms with Gasteiger partial charge >= 0.3 is 23.9 Å². The second-order valence-electron chi connectivity index (χ2n) is 7.25. The lowest BCUT2D eigenvalue weighted by Crippen LogP contribution is -2.16. The number of unbranched alkanes of at least 4 members (excludes halogenated alkanes) is 3. The fourth-order valence-corrected chi connectivity index (χ4v) is 2.64. The van der Waals surface area contributed by atoms with Crippen molar-refractivity contribution in [3.05, 3.63) is 17.7 Å². The largest absolute Gasteiger partial charge is 0.462 e. The number of benzene rings is 1. The third-order valence-electron chi connectivity index (χ3n) is 4.40. The summed E-state index contributed by atoms with van der Waals surface area (Å²) in [5, 5.41) is 0. The summed E-state index contributed by atoms with van der Waals surface area (Å²) in [6, 6.07) is 2.52. The molecule has 0 heterocycles. The van der Waals surface area contributed by atoms with Crippen LogP contribution in [0.2, 0.25) is 0 Å². The van der Waals surface area contributed by atoms with E-state index in [9.17, 15) is 19.2 Å². The summed E-state index contributed by atoms with van der Waals surface area (Å²) >= 11 is 0. The molecule has 0 amide bonds. The molecule has 1 rings (SSSR count). The first-order valence-electron chi connectivity index (χ1n) is 11.3. The Morgan fingerprint density at radius 2 is 1.06 bits per heavy atom. The van der Waals surface area contributed by atoms with Gasteiger partial charge in [-0.2, -0.15) is 0 Å².